The lowest BCUT2D eigenvalue weighted by atomic mass is 10.1. The third-order valence-electron chi connectivity index (χ3n) is 3.21. The minimum atomic E-state index is -0.906. The molecular formula is C15H23N3O3. The number of aliphatic carboxylic acids is 1. The van der Waals surface area contributed by atoms with E-state index in [1.54, 1.807) is 6.92 Å². The summed E-state index contributed by atoms with van der Waals surface area (Å²) in [5.41, 5.74) is 1.72. The molecule has 0 saturated heterocycles. The zero-order valence-corrected chi connectivity index (χ0v) is 12.7. The molecule has 0 aromatic heterocycles. The van der Waals surface area contributed by atoms with Gasteiger partial charge in [0.2, 0.25) is 0 Å². The zero-order valence-electron chi connectivity index (χ0n) is 12.7. The first-order valence-corrected chi connectivity index (χ1v) is 7.00. The maximum atomic E-state index is 12.3. The first-order valence-electron chi connectivity index (χ1n) is 7.00. The van der Waals surface area contributed by atoms with Crippen molar-refractivity contribution in [3.05, 3.63) is 29.8 Å². The Morgan fingerprint density at radius 1 is 1.33 bits per heavy atom. The van der Waals surface area contributed by atoms with Gasteiger partial charge in [0.15, 0.2) is 0 Å². The van der Waals surface area contributed by atoms with E-state index in [9.17, 15) is 9.59 Å². The number of carboxylic acid groups (broad SMARTS) is 1. The summed E-state index contributed by atoms with van der Waals surface area (Å²) < 4.78 is 0. The molecule has 6 heteroatoms. The van der Waals surface area contributed by atoms with Gasteiger partial charge in [0.05, 0.1) is 5.92 Å². The number of nitrogens with one attached hydrogen (secondary N) is 2. The Labute approximate surface area is 125 Å². The Balaban J connectivity index is 2.76. The average Bonchev–Trinajstić information content (AvgIpc) is 2.46. The smallest absolute Gasteiger partial charge is 0.321 e. The van der Waals surface area contributed by atoms with Gasteiger partial charge < -0.3 is 20.6 Å². The average molecular weight is 293 g/mol. The topological polar surface area (TPSA) is 81.7 Å². The summed E-state index contributed by atoms with van der Waals surface area (Å²) in [5.74, 6) is -1.50. The Kier molecular flexibility index (Phi) is 6.68. The number of nitrogens with zero attached hydrogens (tertiary/aromatic N) is 1. The van der Waals surface area contributed by atoms with Gasteiger partial charge in [-0.3, -0.25) is 4.79 Å². The molecule has 6 nitrogen and oxygen atoms in total. The van der Waals surface area contributed by atoms with Crippen LogP contribution in [-0.2, 0) is 11.3 Å². The second-order valence-electron chi connectivity index (χ2n) is 4.90. The van der Waals surface area contributed by atoms with Gasteiger partial charge in [-0.1, -0.05) is 25.1 Å². The number of hydrogen-bond acceptors (Lipinski definition) is 3. The van der Waals surface area contributed by atoms with E-state index in [0.29, 0.717) is 13.1 Å². The maximum absolute atomic E-state index is 12.3. The molecular weight excluding hydrogens is 270 g/mol. The van der Waals surface area contributed by atoms with Crippen LogP contribution in [0.3, 0.4) is 0 Å². The lowest BCUT2D eigenvalue weighted by Crippen LogP contribution is -2.39. The molecule has 0 bridgehead atoms. The number of carboxylic acids is 1. The SMILES string of the molecule is CCN(CC(C)C(=O)O)C(=O)Nc1ccccc1CNC. The normalized spacial score (nSPS) is 11.8. The number of urea groups is 1. The lowest BCUT2D eigenvalue weighted by Gasteiger charge is -2.24. The zero-order chi connectivity index (χ0) is 15.8. The molecule has 0 saturated carbocycles. The molecule has 21 heavy (non-hydrogen) atoms. The highest BCUT2D eigenvalue weighted by atomic mass is 16.4. The van der Waals surface area contributed by atoms with Crippen LogP contribution in [0.5, 0.6) is 0 Å². The minimum Gasteiger partial charge on any atom is -0.481 e. The molecule has 0 heterocycles. The summed E-state index contributed by atoms with van der Waals surface area (Å²) in [4.78, 5) is 24.7. The second kappa shape index (κ2) is 8.26. The summed E-state index contributed by atoms with van der Waals surface area (Å²) >= 11 is 0. The van der Waals surface area contributed by atoms with Crippen LogP contribution in [-0.4, -0.2) is 42.1 Å². The van der Waals surface area contributed by atoms with Crippen LogP contribution in [0.2, 0.25) is 0 Å². The van der Waals surface area contributed by atoms with Crippen molar-refractivity contribution in [1.29, 1.82) is 0 Å². The van der Waals surface area contributed by atoms with Gasteiger partial charge in [-0.05, 0) is 25.6 Å². The van der Waals surface area contributed by atoms with Crippen molar-refractivity contribution >= 4 is 17.7 Å². The van der Waals surface area contributed by atoms with E-state index < -0.39 is 11.9 Å². The predicted molar refractivity (Wildman–Crippen MR) is 82.3 cm³/mol. The molecule has 0 aliphatic carbocycles. The molecule has 1 rings (SSSR count). The van der Waals surface area contributed by atoms with Crippen LogP contribution in [0.4, 0.5) is 10.5 Å². The van der Waals surface area contributed by atoms with Crippen molar-refractivity contribution in [2.45, 2.75) is 20.4 Å². The fourth-order valence-corrected chi connectivity index (χ4v) is 1.95. The van der Waals surface area contributed by atoms with Gasteiger partial charge in [-0.15, -0.1) is 0 Å². The fraction of sp³-hybridized carbons (Fsp3) is 0.467. The molecule has 1 atom stereocenters. The molecule has 3 N–H and O–H groups in total. The van der Waals surface area contributed by atoms with E-state index in [1.807, 2.05) is 38.2 Å². The third-order valence-corrected chi connectivity index (χ3v) is 3.21. The number of hydrogen-bond donors (Lipinski definition) is 3. The minimum absolute atomic E-state index is 0.186. The van der Waals surface area contributed by atoms with Crippen LogP contribution in [0.25, 0.3) is 0 Å². The van der Waals surface area contributed by atoms with Crippen molar-refractivity contribution in [3.8, 4) is 0 Å². The van der Waals surface area contributed by atoms with Gasteiger partial charge in [0, 0.05) is 25.3 Å². The Hall–Kier alpha value is -2.08. The van der Waals surface area contributed by atoms with Crippen molar-refractivity contribution in [2.75, 3.05) is 25.5 Å². The molecule has 1 unspecified atom stereocenters. The summed E-state index contributed by atoms with van der Waals surface area (Å²) in [5, 5.41) is 14.8. The molecule has 116 valence electrons. The Morgan fingerprint density at radius 2 is 2.00 bits per heavy atom. The highest BCUT2D eigenvalue weighted by Gasteiger charge is 2.19. The summed E-state index contributed by atoms with van der Waals surface area (Å²) in [7, 11) is 1.84. The van der Waals surface area contributed by atoms with Crippen LogP contribution in [0.15, 0.2) is 24.3 Å². The maximum Gasteiger partial charge on any atom is 0.321 e. The van der Waals surface area contributed by atoms with E-state index in [4.69, 9.17) is 5.11 Å². The quantitative estimate of drug-likeness (QED) is 0.718. The van der Waals surface area contributed by atoms with Crippen molar-refractivity contribution in [2.24, 2.45) is 5.92 Å². The second-order valence-corrected chi connectivity index (χ2v) is 4.90. The molecule has 0 spiro atoms. The van der Waals surface area contributed by atoms with Crippen LogP contribution in [0, 0.1) is 5.92 Å². The highest BCUT2D eigenvalue weighted by molar-refractivity contribution is 5.90. The van der Waals surface area contributed by atoms with E-state index in [0.717, 1.165) is 11.3 Å². The van der Waals surface area contributed by atoms with Gasteiger partial charge in [0.25, 0.3) is 0 Å². The van der Waals surface area contributed by atoms with Gasteiger partial charge in [-0.25, -0.2) is 4.79 Å². The van der Waals surface area contributed by atoms with Gasteiger partial charge >= 0.3 is 12.0 Å². The van der Waals surface area contributed by atoms with Gasteiger partial charge in [0.1, 0.15) is 0 Å². The number of amides is 2. The van der Waals surface area contributed by atoms with E-state index >= 15 is 0 Å². The molecule has 2 amide bonds. The molecule has 0 fully saturated rings. The summed E-state index contributed by atoms with van der Waals surface area (Å²) in [6.07, 6.45) is 0. The number of para-hydroxylation sites is 1. The van der Waals surface area contributed by atoms with E-state index in [1.165, 1.54) is 4.90 Å². The van der Waals surface area contributed by atoms with E-state index in [2.05, 4.69) is 10.6 Å². The first-order chi connectivity index (χ1) is 9.99. The van der Waals surface area contributed by atoms with Crippen LogP contribution < -0.4 is 10.6 Å². The highest BCUT2D eigenvalue weighted by Crippen LogP contribution is 2.15. The third kappa shape index (κ3) is 5.07. The number of rotatable bonds is 7. The van der Waals surface area contributed by atoms with Crippen LogP contribution in [0.1, 0.15) is 19.4 Å². The standard InChI is InChI=1S/C15H23N3O3/c1-4-18(10-11(2)14(19)20)15(21)17-13-8-6-5-7-12(13)9-16-3/h5-8,11,16H,4,9-10H2,1-3H3,(H,17,21)(H,19,20). The van der Waals surface area contributed by atoms with Crippen molar-refractivity contribution in [1.82, 2.24) is 10.2 Å². The Bertz CT molecular complexity index is 491. The molecule has 1 aromatic rings. The molecule has 0 aliphatic rings. The number of anilines is 1. The fourth-order valence-electron chi connectivity index (χ4n) is 1.95. The molecule has 1 aromatic carbocycles. The van der Waals surface area contributed by atoms with Gasteiger partial charge in [-0.2, -0.15) is 0 Å². The molecule has 0 aliphatic heterocycles. The lowest BCUT2D eigenvalue weighted by molar-refractivity contribution is -0.141. The number of benzene rings is 1. The van der Waals surface area contributed by atoms with Crippen LogP contribution >= 0.6 is 0 Å². The Morgan fingerprint density at radius 3 is 2.57 bits per heavy atom. The monoisotopic (exact) mass is 293 g/mol. The molecule has 0 radical (unpaired) electrons. The first kappa shape index (κ1) is 17.0. The summed E-state index contributed by atoms with van der Waals surface area (Å²) in [6, 6.07) is 7.24. The van der Waals surface area contributed by atoms with Crippen molar-refractivity contribution < 1.29 is 14.7 Å². The summed E-state index contributed by atoms with van der Waals surface area (Å²) in [6.45, 7) is 4.71. The van der Waals surface area contributed by atoms with Crippen molar-refractivity contribution in [3.63, 3.8) is 0 Å². The number of carbonyl (C=O) groups is 2. The predicted octanol–water partition coefficient (Wildman–Crippen LogP) is 1.98. The number of carbonyl (C=O) groups excluding carboxylic acids is 1. The largest absolute Gasteiger partial charge is 0.481 e. The van der Waals surface area contributed by atoms with E-state index in [-0.39, 0.29) is 12.6 Å².